The van der Waals surface area contributed by atoms with Gasteiger partial charge in [0.25, 0.3) is 0 Å². The summed E-state index contributed by atoms with van der Waals surface area (Å²) in [5.74, 6) is -0.604. The molecule has 38 heavy (non-hydrogen) atoms. The van der Waals surface area contributed by atoms with Crippen molar-refractivity contribution in [3.63, 3.8) is 0 Å². The summed E-state index contributed by atoms with van der Waals surface area (Å²) in [6.45, 7) is 3.64. The summed E-state index contributed by atoms with van der Waals surface area (Å²) in [7, 11) is 2.12. The van der Waals surface area contributed by atoms with Gasteiger partial charge in [0, 0.05) is 30.4 Å². The molecule has 0 aliphatic heterocycles. The second kappa shape index (κ2) is 14.5. The summed E-state index contributed by atoms with van der Waals surface area (Å²) in [6, 6.07) is 17.8. The maximum absolute atomic E-state index is 13.3. The highest BCUT2D eigenvalue weighted by Gasteiger charge is 2.25. The third-order valence-electron chi connectivity index (χ3n) is 6.96. The molecular weight excluding hydrogens is 478 g/mol. The van der Waals surface area contributed by atoms with E-state index in [2.05, 4.69) is 22.7 Å². The van der Waals surface area contributed by atoms with Crippen molar-refractivity contribution in [1.82, 2.24) is 10.3 Å². The number of likely N-dealkylation sites (N-methyl/N-ethyl adjacent to an activating group) is 1. The smallest absolute Gasteiger partial charge is 0.246 e. The molecule has 204 valence electrons. The van der Waals surface area contributed by atoms with Gasteiger partial charge in [0.1, 0.15) is 6.04 Å². The van der Waals surface area contributed by atoms with Crippen LogP contribution in [0.2, 0.25) is 0 Å². The first-order chi connectivity index (χ1) is 18.3. The van der Waals surface area contributed by atoms with Gasteiger partial charge in [0.15, 0.2) is 0 Å². The summed E-state index contributed by atoms with van der Waals surface area (Å²) in [5, 5.41) is 6.79. The molecule has 0 fully saturated rings. The molecule has 9 heteroatoms. The van der Waals surface area contributed by atoms with Crippen LogP contribution in [0.5, 0.6) is 0 Å². The average Bonchev–Trinajstić information content (AvgIpc) is 2.91. The number of pyridine rings is 1. The van der Waals surface area contributed by atoms with Gasteiger partial charge in [0.2, 0.25) is 11.8 Å². The van der Waals surface area contributed by atoms with Gasteiger partial charge in [-0.25, -0.2) is 0 Å². The van der Waals surface area contributed by atoms with Gasteiger partial charge in [-0.15, -0.1) is 0 Å². The molecule has 1 heterocycles. The summed E-state index contributed by atoms with van der Waals surface area (Å²) in [5.41, 5.74) is 20.4. The second-order valence-electron chi connectivity index (χ2n) is 10.1. The highest BCUT2D eigenvalue weighted by atomic mass is 16.2. The van der Waals surface area contributed by atoms with Crippen molar-refractivity contribution < 1.29 is 14.1 Å². The lowest BCUT2D eigenvalue weighted by atomic mass is 10.0. The predicted molar refractivity (Wildman–Crippen MR) is 153 cm³/mol. The van der Waals surface area contributed by atoms with Gasteiger partial charge in [-0.05, 0) is 55.5 Å². The van der Waals surface area contributed by atoms with Gasteiger partial charge < -0.3 is 32.3 Å². The lowest BCUT2D eigenvalue weighted by molar-refractivity contribution is -0.907. The number of amides is 2. The number of carbonyl (C=O) groups excluding carboxylic acids is 2. The molecule has 2 atom stereocenters. The van der Waals surface area contributed by atoms with Crippen LogP contribution >= 0.6 is 0 Å². The van der Waals surface area contributed by atoms with Crippen molar-refractivity contribution in [3.8, 4) is 0 Å². The van der Waals surface area contributed by atoms with Crippen molar-refractivity contribution in [1.29, 1.82) is 0 Å². The molecule has 0 saturated carbocycles. The van der Waals surface area contributed by atoms with Crippen molar-refractivity contribution in [2.24, 2.45) is 17.2 Å². The minimum absolute atomic E-state index is 0.278. The van der Waals surface area contributed by atoms with E-state index in [1.807, 2.05) is 60.7 Å². The molecule has 0 radical (unpaired) electrons. The topological polar surface area (TPSA) is 149 Å². The monoisotopic (exact) mass is 520 g/mol. The van der Waals surface area contributed by atoms with Gasteiger partial charge in [-0.3, -0.25) is 14.6 Å². The Bertz CT molecular complexity index is 1170. The summed E-state index contributed by atoms with van der Waals surface area (Å²) in [4.78, 5) is 30.7. The molecule has 0 spiro atoms. The number of quaternary nitrogens is 1. The quantitative estimate of drug-likeness (QED) is 0.193. The molecule has 0 aliphatic carbocycles. The Morgan fingerprint density at radius 2 is 1.66 bits per heavy atom. The highest BCUT2D eigenvalue weighted by molar-refractivity contribution is 5.99. The number of benzene rings is 2. The molecule has 2 aromatic carbocycles. The van der Waals surface area contributed by atoms with Crippen LogP contribution in [-0.4, -0.2) is 73.1 Å². The Balaban J connectivity index is 1.63. The van der Waals surface area contributed by atoms with E-state index in [1.165, 1.54) is 0 Å². The molecule has 8 N–H and O–H groups in total. The van der Waals surface area contributed by atoms with Crippen LogP contribution in [0.1, 0.15) is 24.8 Å². The van der Waals surface area contributed by atoms with E-state index in [0.717, 1.165) is 47.0 Å². The van der Waals surface area contributed by atoms with Crippen LogP contribution in [0.25, 0.3) is 10.9 Å². The number of hydrogen-bond donors (Lipinski definition) is 5. The Morgan fingerprint density at radius 1 is 0.921 bits per heavy atom. The van der Waals surface area contributed by atoms with E-state index in [9.17, 15) is 9.59 Å². The van der Waals surface area contributed by atoms with Crippen LogP contribution in [0.4, 0.5) is 5.69 Å². The van der Waals surface area contributed by atoms with E-state index in [-0.39, 0.29) is 11.8 Å². The third kappa shape index (κ3) is 8.88. The van der Waals surface area contributed by atoms with E-state index in [1.54, 1.807) is 6.20 Å². The first-order valence-electron chi connectivity index (χ1n) is 13.3. The lowest BCUT2D eigenvalue weighted by Crippen LogP contribution is -2.52. The van der Waals surface area contributed by atoms with Crippen molar-refractivity contribution in [2.45, 2.75) is 37.8 Å². The van der Waals surface area contributed by atoms with Gasteiger partial charge in [-0.2, -0.15) is 0 Å². The zero-order chi connectivity index (χ0) is 27.4. The fraction of sp³-hybridized carbons (Fsp3) is 0.414. The summed E-state index contributed by atoms with van der Waals surface area (Å²) < 4.78 is 0.755. The number of nitrogens with one attached hydrogen (secondary N) is 2. The number of aromatic nitrogens is 1. The Labute approximate surface area is 225 Å². The zero-order valence-electron chi connectivity index (χ0n) is 22.3. The number of anilines is 1. The maximum atomic E-state index is 13.3. The molecule has 1 aromatic heterocycles. The summed E-state index contributed by atoms with van der Waals surface area (Å²) in [6.07, 6.45) is 4.10. The highest BCUT2D eigenvalue weighted by Crippen LogP contribution is 2.18. The lowest BCUT2D eigenvalue weighted by Gasteiger charge is -2.34. The number of hydrogen-bond acceptors (Lipinski definition) is 6. The Hall–Kier alpha value is -3.37. The molecule has 2 amide bonds. The van der Waals surface area contributed by atoms with Crippen molar-refractivity contribution >= 4 is 28.4 Å². The maximum Gasteiger partial charge on any atom is 0.246 e. The number of aryl methyl sites for hydroxylation is 1. The van der Waals surface area contributed by atoms with Crippen LogP contribution in [-0.2, 0) is 16.0 Å². The first-order valence-corrected chi connectivity index (χ1v) is 13.3. The fourth-order valence-corrected chi connectivity index (χ4v) is 4.67. The Morgan fingerprint density at radius 3 is 2.37 bits per heavy atom. The number of fused-ring (bicyclic) bond motifs is 1. The molecule has 3 aromatic rings. The first kappa shape index (κ1) is 29.2. The van der Waals surface area contributed by atoms with Crippen LogP contribution < -0.4 is 27.8 Å². The van der Waals surface area contributed by atoms with Crippen molar-refractivity contribution in [2.75, 3.05) is 45.1 Å². The van der Waals surface area contributed by atoms with Gasteiger partial charge >= 0.3 is 0 Å². The molecule has 0 aliphatic rings. The largest absolute Gasteiger partial charge is 0.343 e. The molecule has 0 saturated heterocycles. The zero-order valence-corrected chi connectivity index (χ0v) is 22.3. The molecule has 9 nitrogen and oxygen atoms in total. The standard InChI is InChI=1S/C29H41N7O2/c1-36(19-15-30,20-16-31)18-6-10-25(32)28(37)35-27(13-11-22-7-3-2-4-8-22)29(38)34-24-12-14-26-23(21-24)9-5-17-33-26/h2-5,7-9,12,14,17,21,25,27H,6,10-11,13,15-16,18-20,30-32H2,1H3,(H-,34,35,37,38)/p+1/t25?,27-/m0/s1. The van der Waals surface area contributed by atoms with E-state index in [0.29, 0.717) is 38.0 Å². The van der Waals surface area contributed by atoms with Crippen LogP contribution in [0.15, 0.2) is 66.9 Å². The molecule has 0 bridgehead atoms. The fourth-order valence-electron chi connectivity index (χ4n) is 4.67. The minimum Gasteiger partial charge on any atom is -0.343 e. The van der Waals surface area contributed by atoms with E-state index >= 15 is 0 Å². The Kier molecular flexibility index (Phi) is 11.2. The van der Waals surface area contributed by atoms with Crippen LogP contribution in [0.3, 0.4) is 0 Å². The number of nitrogens with two attached hydrogens (primary N) is 3. The summed E-state index contributed by atoms with van der Waals surface area (Å²) >= 11 is 0. The van der Waals surface area contributed by atoms with Crippen molar-refractivity contribution in [3.05, 3.63) is 72.4 Å². The van der Waals surface area contributed by atoms with E-state index < -0.39 is 12.1 Å². The molecule has 3 rings (SSSR count). The van der Waals surface area contributed by atoms with Crippen LogP contribution in [0, 0.1) is 0 Å². The second-order valence-corrected chi connectivity index (χ2v) is 10.1. The normalized spacial score (nSPS) is 13.2. The average molecular weight is 521 g/mol. The molecular formula is C29H42N7O2+. The number of rotatable bonds is 15. The van der Waals surface area contributed by atoms with Gasteiger partial charge in [-0.1, -0.05) is 36.4 Å². The predicted octanol–water partition coefficient (Wildman–Crippen LogP) is 1.76. The SMILES string of the molecule is C[N+](CCN)(CCN)CCCC(N)C(=O)N[C@@H](CCc1ccccc1)C(=O)Nc1ccc2ncccc2c1. The third-order valence-corrected chi connectivity index (χ3v) is 6.96. The molecule has 1 unspecified atom stereocenters. The van der Waals surface area contributed by atoms with Gasteiger partial charge in [0.05, 0.1) is 38.2 Å². The number of nitrogens with zero attached hydrogens (tertiary/aromatic N) is 2. The minimum atomic E-state index is -0.728. The van der Waals surface area contributed by atoms with E-state index in [4.69, 9.17) is 17.2 Å². The number of carbonyl (C=O) groups is 2.